The molecule has 1 spiro atoms. The topological polar surface area (TPSA) is 72.6 Å². The summed E-state index contributed by atoms with van der Waals surface area (Å²) < 4.78 is 23.8. The van der Waals surface area contributed by atoms with Crippen molar-refractivity contribution in [3.05, 3.63) is 11.6 Å². The summed E-state index contributed by atoms with van der Waals surface area (Å²) in [6, 6.07) is 0. The Labute approximate surface area is 170 Å². The van der Waals surface area contributed by atoms with Crippen LogP contribution >= 0.6 is 15.9 Å². The number of ether oxygens (including phenoxy) is 4. The predicted octanol–water partition coefficient (Wildman–Crippen LogP) is 2.59. The van der Waals surface area contributed by atoms with Crippen LogP contribution in [-0.2, 0) is 23.7 Å². The van der Waals surface area contributed by atoms with Gasteiger partial charge < -0.3 is 24.3 Å². The van der Waals surface area contributed by atoms with Crippen LogP contribution in [0.15, 0.2) is 11.6 Å². The quantitative estimate of drug-likeness (QED) is 0.193. The van der Waals surface area contributed by atoms with Crippen molar-refractivity contribution in [1.29, 1.82) is 0 Å². The molecule has 0 aromatic carbocycles. The van der Waals surface area contributed by atoms with Crippen molar-refractivity contribution in [3.63, 3.8) is 0 Å². The maximum atomic E-state index is 12.2. The van der Waals surface area contributed by atoms with Gasteiger partial charge in [-0.25, -0.2) is 0 Å². The number of nitrogens with one attached hydrogen (secondary N) is 1. The van der Waals surface area contributed by atoms with Crippen LogP contribution in [0.3, 0.4) is 0 Å². The number of carbonyl (C=O) groups excluding carboxylic acids is 1. The Balaban J connectivity index is 1.68. The summed E-state index contributed by atoms with van der Waals surface area (Å²) in [5.41, 5.74) is 0.800. The molecule has 27 heavy (non-hydrogen) atoms. The van der Waals surface area contributed by atoms with Crippen molar-refractivity contribution in [3.8, 4) is 0 Å². The molecule has 2 heterocycles. The number of hydrogen-bond acceptors (Lipinski definition) is 6. The zero-order chi connectivity index (χ0) is 19.7. The number of alkyl halides is 1. The molecule has 1 unspecified atom stereocenters. The highest BCUT2D eigenvalue weighted by Gasteiger charge is 2.72. The number of rotatable bonds is 9. The van der Waals surface area contributed by atoms with E-state index in [2.05, 4.69) is 48.1 Å². The summed E-state index contributed by atoms with van der Waals surface area (Å²) in [6.07, 6.45) is 4.41. The molecule has 1 aliphatic carbocycles. The minimum atomic E-state index is -0.303. The Bertz CT molecular complexity index is 575. The van der Waals surface area contributed by atoms with Gasteiger partial charge >= 0.3 is 5.97 Å². The third-order valence-electron chi connectivity index (χ3n) is 6.06. The number of methoxy groups -OCH3 is 1. The first-order chi connectivity index (χ1) is 12.9. The maximum absolute atomic E-state index is 12.2. The Morgan fingerprint density at radius 3 is 2.74 bits per heavy atom. The first-order valence-corrected chi connectivity index (χ1v) is 10.9. The van der Waals surface area contributed by atoms with Crippen LogP contribution < -0.4 is 5.32 Å². The first kappa shape index (κ1) is 21.2. The molecular formula is C20H32BrNO5. The van der Waals surface area contributed by atoms with Crippen LogP contribution in [0.5, 0.6) is 0 Å². The summed E-state index contributed by atoms with van der Waals surface area (Å²) in [5, 5.41) is 3.86. The van der Waals surface area contributed by atoms with E-state index in [1.807, 2.05) is 0 Å². The molecule has 2 aliphatic heterocycles. The molecule has 1 N–H and O–H groups in total. The van der Waals surface area contributed by atoms with Gasteiger partial charge in [0.05, 0.1) is 25.2 Å². The lowest BCUT2D eigenvalue weighted by atomic mass is 9.68. The van der Waals surface area contributed by atoms with Crippen molar-refractivity contribution >= 4 is 21.9 Å². The van der Waals surface area contributed by atoms with Crippen LogP contribution in [0, 0.1) is 5.92 Å². The molecule has 0 bridgehead atoms. The number of hydrogen-bond donors (Lipinski definition) is 1. The smallest absolute Gasteiger partial charge is 0.320 e. The fourth-order valence-electron chi connectivity index (χ4n) is 4.54. The third-order valence-corrected chi connectivity index (χ3v) is 6.46. The largest absolute Gasteiger partial charge is 0.459 e. The molecule has 0 aromatic heterocycles. The van der Waals surface area contributed by atoms with Gasteiger partial charge in [-0.1, -0.05) is 27.6 Å². The van der Waals surface area contributed by atoms with E-state index in [1.165, 1.54) is 5.57 Å². The van der Waals surface area contributed by atoms with E-state index in [9.17, 15) is 4.79 Å². The van der Waals surface area contributed by atoms with Gasteiger partial charge in [-0.05, 0) is 40.0 Å². The van der Waals surface area contributed by atoms with E-state index in [1.54, 1.807) is 7.11 Å². The molecule has 3 rings (SSSR count). The van der Waals surface area contributed by atoms with Gasteiger partial charge in [0.1, 0.15) is 23.4 Å². The van der Waals surface area contributed by atoms with Gasteiger partial charge in [0, 0.05) is 19.0 Å². The van der Waals surface area contributed by atoms with E-state index in [0.717, 1.165) is 37.7 Å². The normalized spacial score (nSPS) is 39.9. The summed E-state index contributed by atoms with van der Waals surface area (Å²) in [4.78, 5) is 12.2. The van der Waals surface area contributed by atoms with Crippen LogP contribution in [0.4, 0.5) is 0 Å². The van der Waals surface area contributed by atoms with E-state index in [4.69, 9.17) is 18.9 Å². The Hall–Kier alpha value is -0.470. The van der Waals surface area contributed by atoms with Crippen LogP contribution in [0.2, 0.25) is 0 Å². The van der Waals surface area contributed by atoms with Crippen LogP contribution in [0.25, 0.3) is 0 Å². The van der Waals surface area contributed by atoms with Crippen LogP contribution in [-0.4, -0.2) is 67.6 Å². The van der Waals surface area contributed by atoms with Gasteiger partial charge in [-0.3, -0.25) is 4.79 Å². The predicted molar refractivity (Wildman–Crippen MR) is 106 cm³/mol. The summed E-state index contributed by atoms with van der Waals surface area (Å²) >= 11 is 3.34. The molecule has 2 saturated heterocycles. The summed E-state index contributed by atoms with van der Waals surface area (Å²) in [7, 11) is 1.69. The molecule has 6 nitrogen and oxygen atoms in total. The highest BCUT2D eigenvalue weighted by atomic mass is 79.9. The van der Waals surface area contributed by atoms with Crippen molar-refractivity contribution in [2.45, 2.75) is 69.5 Å². The Kier molecular flexibility index (Phi) is 6.68. The second kappa shape index (κ2) is 8.49. The average Bonchev–Trinajstić information content (AvgIpc) is 3.53. The molecule has 6 atom stereocenters. The SMILES string of the molecule is CO[C@@H]1[C@H](OC(=O)CNCCBr)CC[C@]2(CO2)[C@H]1[C@@]1(C)OC1CC=C(C)C. The van der Waals surface area contributed by atoms with Gasteiger partial charge in [-0.15, -0.1) is 0 Å². The first-order valence-electron chi connectivity index (χ1n) is 9.80. The molecule has 1 saturated carbocycles. The van der Waals surface area contributed by atoms with E-state index in [0.29, 0.717) is 0 Å². The highest BCUT2D eigenvalue weighted by molar-refractivity contribution is 9.09. The molecule has 0 radical (unpaired) electrons. The second-order valence-electron chi connectivity index (χ2n) is 8.27. The monoisotopic (exact) mass is 445 g/mol. The van der Waals surface area contributed by atoms with E-state index < -0.39 is 0 Å². The minimum absolute atomic E-state index is 0.0626. The number of esters is 1. The lowest BCUT2D eigenvalue weighted by Gasteiger charge is -2.42. The fourth-order valence-corrected chi connectivity index (χ4v) is 4.82. The van der Waals surface area contributed by atoms with E-state index >= 15 is 0 Å². The molecule has 3 fully saturated rings. The maximum Gasteiger partial charge on any atom is 0.320 e. The number of epoxide rings is 2. The zero-order valence-electron chi connectivity index (χ0n) is 16.8. The van der Waals surface area contributed by atoms with E-state index in [-0.39, 0.29) is 47.9 Å². The number of halogens is 1. The lowest BCUT2D eigenvalue weighted by Crippen LogP contribution is -2.56. The van der Waals surface area contributed by atoms with Crippen LogP contribution in [0.1, 0.15) is 40.0 Å². The molecule has 7 heteroatoms. The fraction of sp³-hybridized carbons (Fsp3) is 0.850. The minimum Gasteiger partial charge on any atom is -0.459 e. The van der Waals surface area contributed by atoms with Gasteiger partial charge in [0.25, 0.3) is 0 Å². The van der Waals surface area contributed by atoms with Gasteiger partial charge in [-0.2, -0.15) is 0 Å². The van der Waals surface area contributed by atoms with Crippen molar-refractivity contribution in [2.75, 3.05) is 32.1 Å². The van der Waals surface area contributed by atoms with Crippen molar-refractivity contribution in [2.24, 2.45) is 5.92 Å². The average molecular weight is 446 g/mol. The molecule has 0 aromatic rings. The highest BCUT2D eigenvalue weighted by Crippen LogP contribution is 2.59. The third kappa shape index (κ3) is 4.58. The van der Waals surface area contributed by atoms with Gasteiger partial charge in [0.2, 0.25) is 0 Å². The second-order valence-corrected chi connectivity index (χ2v) is 9.06. The van der Waals surface area contributed by atoms with Crippen molar-refractivity contribution < 1.29 is 23.7 Å². The Morgan fingerprint density at radius 2 is 2.15 bits per heavy atom. The van der Waals surface area contributed by atoms with Crippen molar-refractivity contribution in [1.82, 2.24) is 5.32 Å². The molecule has 0 amide bonds. The lowest BCUT2D eigenvalue weighted by molar-refractivity contribution is -0.170. The standard InChI is InChI=1S/C20H32BrNO5/c1-13(2)5-6-15-19(3,27-15)18-17(24-4)14(7-8-20(18)12-25-20)26-16(23)11-22-10-9-21/h5,14-15,17-18,22H,6-12H2,1-4H3/t14-,15?,17-,18-,19+,20+/m1/s1. The summed E-state index contributed by atoms with van der Waals surface area (Å²) in [6.45, 7) is 8.02. The molecular weight excluding hydrogens is 414 g/mol. The molecule has 154 valence electrons. The number of carbonyl (C=O) groups is 1. The number of allylic oxidation sites excluding steroid dienone is 1. The zero-order valence-corrected chi connectivity index (χ0v) is 18.3. The summed E-state index contributed by atoms with van der Waals surface area (Å²) in [5.74, 6) is -0.176. The molecule has 3 aliphatic rings. The van der Waals surface area contributed by atoms with Gasteiger partial charge in [0.15, 0.2) is 0 Å². The Morgan fingerprint density at radius 1 is 1.41 bits per heavy atom.